The van der Waals surface area contributed by atoms with Gasteiger partial charge in [-0.15, -0.1) is 0 Å². The van der Waals surface area contributed by atoms with E-state index in [4.69, 9.17) is 9.47 Å². The first kappa shape index (κ1) is 20.2. The molecule has 28 heavy (non-hydrogen) atoms. The van der Waals surface area contributed by atoms with Crippen LogP contribution in [0.25, 0.3) is 0 Å². The molecule has 0 saturated carbocycles. The standard InChI is InChI=1S/C22H27NO5/c1-22(2)11-10-16-12-17(8-9-19(16)28-22)20(25)18(13-24)23-21(26)27-14-15-6-4-3-5-7-15/h3-9,12,18,20,24-25H,10-11,13-14H2,1-2H3,(H,23,26)/t18-,20?/m1/s1. The molecule has 2 aromatic rings. The summed E-state index contributed by atoms with van der Waals surface area (Å²) < 4.78 is 11.1. The predicted molar refractivity (Wildman–Crippen MR) is 105 cm³/mol. The van der Waals surface area contributed by atoms with Crippen LogP contribution in [0.4, 0.5) is 4.79 Å². The first-order chi connectivity index (χ1) is 13.4. The fraction of sp³-hybridized carbons (Fsp3) is 0.409. The molecule has 150 valence electrons. The molecule has 1 unspecified atom stereocenters. The quantitative estimate of drug-likeness (QED) is 0.711. The van der Waals surface area contributed by atoms with Crippen LogP contribution in [0.5, 0.6) is 5.75 Å². The van der Waals surface area contributed by atoms with Crippen LogP contribution in [0.1, 0.15) is 43.1 Å². The normalized spacial score (nSPS) is 17.0. The van der Waals surface area contributed by atoms with Crippen LogP contribution in [-0.4, -0.2) is 34.6 Å². The Hall–Kier alpha value is -2.57. The van der Waals surface area contributed by atoms with Crippen molar-refractivity contribution in [2.75, 3.05) is 6.61 Å². The Morgan fingerprint density at radius 1 is 1.25 bits per heavy atom. The zero-order valence-electron chi connectivity index (χ0n) is 16.2. The van der Waals surface area contributed by atoms with E-state index >= 15 is 0 Å². The van der Waals surface area contributed by atoms with E-state index < -0.39 is 24.8 Å². The van der Waals surface area contributed by atoms with Crippen LogP contribution in [-0.2, 0) is 17.8 Å². The first-order valence-electron chi connectivity index (χ1n) is 9.46. The number of nitrogens with one attached hydrogen (secondary N) is 1. The van der Waals surface area contributed by atoms with Crippen LogP contribution < -0.4 is 10.1 Å². The van der Waals surface area contributed by atoms with Crippen molar-refractivity contribution in [3.63, 3.8) is 0 Å². The van der Waals surface area contributed by atoms with Gasteiger partial charge >= 0.3 is 6.09 Å². The number of aryl methyl sites for hydroxylation is 1. The van der Waals surface area contributed by atoms with Crippen molar-refractivity contribution in [3.05, 3.63) is 65.2 Å². The second kappa shape index (κ2) is 8.63. The highest BCUT2D eigenvalue weighted by molar-refractivity contribution is 5.67. The average molecular weight is 385 g/mol. The van der Waals surface area contributed by atoms with Gasteiger partial charge in [-0.1, -0.05) is 36.4 Å². The predicted octanol–water partition coefficient (Wildman–Crippen LogP) is 3.11. The molecule has 0 spiro atoms. The number of ether oxygens (including phenoxy) is 2. The number of hydrogen-bond acceptors (Lipinski definition) is 5. The fourth-order valence-corrected chi connectivity index (χ4v) is 3.24. The largest absolute Gasteiger partial charge is 0.488 e. The highest BCUT2D eigenvalue weighted by Gasteiger charge is 2.28. The van der Waals surface area contributed by atoms with E-state index in [9.17, 15) is 15.0 Å². The SMILES string of the molecule is CC1(C)CCc2cc(C(O)[C@@H](CO)NC(=O)OCc3ccccc3)ccc2O1. The molecule has 0 bridgehead atoms. The topological polar surface area (TPSA) is 88.0 Å². The number of amides is 1. The van der Waals surface area contributed by atoms with Gasteiger partial charge in [-0.25, -0.2) is 4.79 Å². The lowest BCUT2D eigenvalue weighted by Crippen LogP contribution is -2.42. The molecule has 0 saturated heterocycles. The number of alkyl carbamates (subject to hydrolysis) is 1. The molecule has 1 aliphatic rings. The molecule has 2 aromatic carbocycles. The number of carbonyl (C=O) groups excluding carboxylic acids is 1. The number of aliphatic hydroxyl groups is 2. The monoisotopic (exact) mass is 385 g/mol. The van der Waals surface area contributed by atoms with Crippen LogP contribution in [0.2, 0.25) is 0 Å². The third-order valence-corrected chi connectivity index (χ3v) is 4.90. The number of fused-ring (bicyclic) bond motifs is 1. The second-order valence-electron chi connectivity index (χ2n) is 7.67. The summed E-state index contributed by atoms with van der Waals surface area (Å²) in [5.74, 6) is 0.808. The first-order valence-corrected chi connectivity index (χ1v) is 9.46. The zero-order chi connectivity index (χ0) is 20.1. The summed E-state index contributed by atoms with van der Waals surface area (Å²) in [5, 5.41) is 22.8. The fourth-order valence-electron chi connectivity index (χ4n) is 3.24. The van der Waals surface area contributed by atoms with Gasteiger partial charge in [0.1, 0.15) is 24.1 Å². The molecule has 3 rings (SSSR count). The number of rotatable bonds is 6. The minimum atomic E-state index is -1.06. The summed E-state index contributed by atoms with van der Waals surface area (Å²) in [5.41, 5.74) is 2.28. The molecule has 3 N–H and O–H groups in total. The Balaban J connectivity index is 1.61. The number of carbonyl (C=O) groups is 1. The summed E-state index contributed by atoms with van der Waals surface area (Å²) in [7, 11) is 0. The molecule has 0 aliphatic carbocycles. The van der Waals surface area contributed by atoms with E-state index in [1.165, 1.54) is 0 Å². The molecule has 2 atom stereocenters. The van der Waals surface area contributed by atoms with Gasteiger partial charge in [-0.05, 0) is 55.5 Å². The Bertz CT molecular complexity index is 806. The van der Waals surface area contributed by atoms with Crippen LogP contribution >= 0.6 is 0 Å². The van der Waals surface area contributed by atoms with Gasteiger partial charge in [0.2, 0.25) is 0 Å². The maximum atomic E-state index is 12.1. The smallest absolute Gasteiger partial charge is 0.407 e. The number of benzene rings is 2. The van der Waals surface area contributed by atoms with Crippen molar-refractivity contribution in [2.45, 2.75) is 51.0 Å². The lowest BCUT2D eigenvalue weighted by molar-refractivity contribution is 0.0746. The Morgan fingerprint density at radius 3 is 2.71 bits per heavy atom. The van der Waals surface area contributed by atoms with E-state index in [1.54, 1.807) is 6.07 Å². The minimum Gasteiger partial charge on any atom is -0.488 e. The van der Waals surface area contributed by atoms with Crippen LogP contribution in [0.15, 0.2) is 48.5 Å². The maximum Gasteiger partial charge on any atom is 0.407 e. The van der Waals surface area contributed by atoms with E-state index in [1.807, 2.05) is 56.3 Å². The van der Waals surface area contributed by atoms with Crippen LogP contribution in [0, 0.1) is 0 Å². The van der Waals surface area contributed by atoms with Crippen LogP contribution in [0.3, 0.4) is 0 Å². The average Bonchev–Trinajstić information content (AvgIpc) is 2.69. The third kappa shape index (κ3) is 5.03. The van der Waals surface area contributed by atoms with Gasteiger partial charge in [0.05, 0.1) is 12.6 Å². The molecular formula is C22H27NO5. The number of aliphatic hydroxyl groups excluding tert-OH is 2. The van der Waals surface area contributed by atoms with Crippen molar-refractivity contribution >= 4 is 6.09 Å². The van der Waals surface area contributed by atoms with E-state index in [0.29, 0.717) is 5.56 Å². The van der Waals surface area contributed by atoms with Gasteiger partial charge < -0.3 is 25.0 Å². The number of hydrogen-bond donors (Lipinski definition) is 3. The summed E-state index contributed by atoms with van der Waals surface area (Å²) in [6.07, 6.45) is -0.0220. The van der Waals surface area contributed by atoms with Gasteiger partial charge in [-0.3, -0.25) is 0 Å². The molecule has 1 heterocycles. The van der Waals surface area contributed by atoms with Crippen molar-refractivity contribution in [1.82, 2.24) is 5.32 Å². The molecule has 0 radical (unpaired) electrons. The van der Waals surface area contributed by atoms with E-state index in [0.717, 1.165) is 29.7 Å². The lowest BCUT2D eigenvalue weighted by Gasteiger charge is -2.33. The summed E-state index contributed by atoms with van der Waals surface area (Å²) in [6, 6.07) is 13.9. The second-order valence-corrected chi connectivity index (χ2v) is 7.67. The summed E-state index contributed by atoms with van der Waals surface area (Å²) >= 11 is 0. The Kier molecular flexibility index (Phi) is 6.21. The zero-order valence-corrected chi connectivity index (χ0v) is 16.2. The third-order valence-electron chi connectivity index (χ3n) is 4.90. The highest BCUT2D eigenvalue weighted by atomic mass is 16.5. The molecule has 6 heteroatoms. The van der Waals surface area contributed by atoms with Gasteiger partial charge in [0.25, 0.3) is 0 Å². The molecule has 0 fully saturated rings. The molecule has 0 aromatic heterocycles. The lowest BCUT2D eigenvalue weighted by atomic mass is 9.91. The molecule has 6 nitrogen and oxygen atoms in total. The van der Waals surface area contributed by atoms with Gasteiger partial charge in [0.15, 0.2) is 0 Å². The van der Waals surface area contributed by atoms with E-state index in [-0.39, 0.29) is 12.2 Å². The molecule has 1 aliphatic heterocycles. The van der Waals surface area contributed by atoms with Crippen molar-refractivity contribution in [3.8, 4) is 5.75 Å². The summed E-state index contributed by atoms with van der Waals surface area (Å²) in [4.78, 5) is 12.1. The Labute approximate surface area is 165 Å². The minimum absolute atomic E-state index is 0.118. The Morgan fingerprint density at radius 2 is 2.00 bits per heavy atom. The van der Waals surface area contributed by atoms with Gasteiger partial charge in [-0.2, -0.15) is 0 Å². The summed E-state index contributed by atoms with van der Waals surface area (Å²) in [6.45, 7) is 3.80. The van der Waals surface area contributed by atoms with Crippen molar-refractivity contribution < 1.29 is 24.5 Å². The van der Waals surface area contributed by atoms with Crippen molar-refractivity contribution in [2.24, 2.45) is 0 Å². The van der Waals surface area contributed by atoms with E-state index in [2.05, 4.69) is 5.32 Å². The van der Waals surface area contributed by atoms with Gasteiger partial charge in [0, 0.05) is 0 Å². The maximum absolute atomic E-state index is 12.1. The molecule has 1 amide bonds. The highest BCUT2D eigenvalue weighted by Crippen LogP contribution is 2.34. The molecular weight excluding hydrogens is 358 g/mol. The van der Waals surface area contributed by atoms with Crippen molar-refractivity contribution in [1.29, 1.82) is 0 Å².